The highest BCUT2D eigenvalue weighted by Crippen LogP contribution is 2.32. The van der Waals surface area contributed by atoms with Gasteiger partial charge in [0.2, 0.25) is 15.9 Å². The number of ether oxygens (including phenoxy) is 2. The molecule has 0 saturated carbocycles. The van der Waals surface area contributed by atoms with E-state index in [0.717, 1.165) is 23.5 Å². The van der Waals surface area contributed by atoms with Gasteiger partial charge in [-0.15, -0.1) is 0 Å². The van der Waals surface area contributed by atoms with Crippen LogP contribution in [0.1, 0.15) is 37.1 Å². The van der Waals surface area contributed by atoms with E-state index in [1.165, 1.54) is 12.1 Å². The Kier molecular flexibility index (Phi) is 6.99. The molecule has 164 valence electrons. The summed E-state index contributed by atoms with van der Waals surface area (Å²) in [6.45, 7) is 4.92. The van der Waals surface area contributed by atoms with Gasteiger partial charge in [0.25, 0.3) is 0 Å². The summed E-state index contributed by atoms with van der Waals surface area (Å²) in [6, 6.07) is 4.58. The normalized spacial score (nSPS) is 13.3. The summed E-state index contributed by atoms with van der Waals surface area (Å²) < 4.78 is 40.1. The lowest BCUT2D eigenvalue weighted by atomic mass is 10.2. The standard InChI is InChI=1S/C20H28N4O5S/c1-14-20(15(2)24(3)23-14)22-19(25)7-5-4-6-10-21-30(26,27)16-8-9-17-18(13-16)29-12-11-28-17/h8-9,13,21H,4-7,10-12H2,1-3H3,(H,22,25). The van der Waals surface area contributed by atoms with E-state index in [-0.39, 0.29) is 10.8 Å². The van der Waals surface area contributed by atoms with Crippen molar-refractivity contribution >= 4 is 21.6 Å². The van der Waals surface area contributed by atoms with E-state index in [1.807, 2.05) is 20.9 Å². The molecule has 2 aromatic rings. The second kappa shape index (κ2) is 9.48. The van der Waals surface area contributed by atoms with Crippen molar-refractivity contribution in [3.63, 3.8) is 0 Å². The van der Waals surface area contributed by atoms with Crippen molar-refractivity contribution in [3.8, 4) is 11.5 Å². The third kappa shape index (κ3) is 5.31. The molecule has 0 bridgehead atoms. The number of nitrogens with one attached hydrogen (secondary N) is 2. The molecule has 0 atom stereocenters. The molecule has 0 saturated heterocycles. The van der Waals surface area contributed by atoms with E-state index in [1.54, 1.807) is 10.7 Å². The maximum absolute atomic E-state index is 12.4. The Labute approximate surface area is 176 Å². The minimum Gasteiger partial charge on any atom is -0.486 e. The number of benzene rings is 1. The number of unbranched alkanes of at least 4 members (excludes halogenated alkanes) is 2. The molecule has 1 aromatic carbocycles. The molecule has 1 amide bonds. The SMILES string of the molecule is Cc1nn(C)c(C)c1NC(=O)CCCCCNS(=O)(=O)c1ccc2c(c1)OCCO2. The maximum atomic E-state index is 12.4. The van der Waals surface area contributed by atoms with Crippen LogP contribution < -0.4 is 19.5 Å². The van der Waals surface area contributed by atoms with Crippen LogP contribution in [0, 0.1) is 13.8 Å². The van der Waals surface area contributed by atoms with E-state index in [4.69, 9.17) is 9.47 Å². The van der Waals surface area contributed by atoms with Gasteiger partial charge in [-0.05, 0) is 38.8 Å². The predicted molar refractivity (Wildman–Crippen MR) is 112 cm³/mol. The third-order valence-corrected chi connectivity index (χ3v) is 6.43. The summed E-state index contributed by atoms with van der Waals surface area (Å²) in [5.41, 5.74) is 2.46. The number of hydrogen-bond donors (Lipinski definition) is 2. The van der Waals surface area contributed by atoms with Crippen LogP contribution in [0.2, 0.25) is 0 Å². The average molecular weight is 437 g/mol. The monoisotopic (exact) mass is 436 g/mol. The lowest BCUT2D eigenvalue weighted by molar-refractivity contribution is -0.116. The van der Waals surface area contributed by atoms with Crippen molar-refractivity contribution < 1.29 is 22.7 Å². The molecular weight excluding hydrogens is 408 g/mol. The number of nitrogens with zero attached hydrogens (tertiary/aromatic N) is 2. The van der Waals surface area contributed by atoms with Gasteiger partial charge in [-0.2, -0.15) is 5.10 Å². The van der Waals surface area contributed by atoms with Crippen molar-refractivity contribution in [1.82, 2.24) is 14.5 Å². The van der Waals surface area contributed by atoms with Crippen molar-refractivity contribution in [1.29, 1.82) is 0 Å². The molecule has 10 heteroatoms. The van der Waals surface area contributed by atoms with Gasteiger partial charge in [0.15, 0.2) is 11.5 Å². The Hall–Kier alpha value is -2.59. The highest BCUT2D eigenvalue weighted by Gasteiger charge is 2.19. The molecule has 3 rings (SSSR count). The first-order valence-corrected chi connectivity index (χ1v) is 11.5. The highest BCUT2D eigenvalue weighted by molar-refractivity contribution is 7.89. The van der Waals surface area contributed by atoms with Crippen LogP contribution in [0.25, 0.3) is 0 Å². The first kappa shape index (κ1) is 22.1. The molecule has 0 spiro atoms. The lowest BCUT2D eigenvalue weighted by Crippen LogP contribution is -2.25. The minimum absolute atomic E-state index is 0.0638. The molecule has 1 aliphatic heterocycles. The van der Waals surface area contributed by atoms with Crippen LogP contribution in [-0.2, 0) is 21.9 Å². The topological polar surface area (TPSA) is 112 Å². The number of aromatic nitrogens is 2. The fourth-order valence-corrected chi connectivity index (χ4v) is 4.31. The number of fused-ring (bicyclic) bond motifs is 1. The van der Waals surface area contributed by atoms with Crippen LogP contribution in [0.5, 0.6) is 11.5 Å². The van der Waals surface area contributed by atoms with Crippen LogP contribution in [0.4, 0.5) is 5.69 Å². The van der Waals surface area contributed by atoms with Gasteiger partial charge in [-0.1, -0.05) is 6.42 Å². The van der Waals surface area contributed by atoms with Gasteiger partial charge < -0.3 is 14.8 Å². The summed E-state index contributed by atoms with van der Waals surface area (Å²) in [5, 5.41) is 7.18. The molecule has 0 unspecified atom stereocenters. The fourth-order valence-electron chi connectivity index (χ4n) is 3.22. The van der Waals surface area contributed by atoms with Crippen LogP contribution in [0.3, 0.4) is 0 Å². The number of rotatable bonds is 9. The zero-order valence-corrected chi connectivity index (χ0v) is 18.3. The van der Waals surface area contributed by atoms with Crippen LogP contribution in [-0.4, -0.2) is 43.9 Å². The van der Waals surface area contributed by atoms with Gasteiger partial charge in [0.1, 0.15) is 13.2 Å². The molecule has 30 heavy (non-hydrogen) atoms. The van der Waals surface area contributed by atoms with Crippen molar-refractivity contribution in [2.75, 3.05) is 25.1 Å². The Balaban J connectivity index is 1.39. The number of carbonyl (C=O) groups is 1. The van der Waals surface area contributed by atoms with E-state index in [9.17, 15) is 13.2 Å². The fraction of sp³-hybridized carbons (Fsp3) is 0.500. The van der Waals surface area contributed by atoms with E-state index < -0.39 is 10.0 Å². The predicted octanol–water partition coefficient (Wildman–Crippen LogP) is 2.29. The van der Waals surface area contributed by atoms with Gasteiger partial charge in [-0.25, -0.2) is 13.1 Å². The smallest absolute Gasteiger partial charge is 0.240 e. The number of sulfonamides is 1. The molecule has 1 aromatic heterocycles. The highest BCUT2D eigenvalue weighted by atomic mass is 32.2. The summed E-state index contributed by atoms with van der Waals surface area (Å²) >= 11 is 0. The third-order valence-electron chi connectivity index (χ3n) is 4.97. The summed E-state index contributed by atoms with van der Waals surface area (Å²) in [7, 11) is -1.78. The lowest BCUT2D eigenvalue weighted by Gasteiger charge is -2.18. The number of aryl methyl sites for hydroxylation is 2. The van der Waals surface area contributed by atoms with E-state index >= 15 is 0 Å². The summed E-state index contributed by atoms with van der Waals surface area (Å²) in [4.78, 5) is 12.3. The van der Waals surface area contributed by atoms with Gasteiger partial charge >= 0.3 is 0 Å². The zero-order valence-electron chi connectivity index (χ0n) is 17.5. The molecule has 1 aliphatic rings. The molecule has 0 fully saturated rings. The summed E-state index contributed by atoms with van der Waals surface area (Å²) in [6.07, 6.45) is 2.43. The van der Waals surface area contributed by atoms with Crippen molar-refractivity contribution in [2.24, 2.45) is 7.05 Å². The molecule has 2 N–H and O–H groups in total. The van der Waals surface area contributed by atoms with Gasteiger partial charge in [-0.3, -0.25) is 9.48 Å². The van der Waals surface area contributed by atoms with Crippen molar-refractivity contribution in [2.45, 2.75) is 44.4 Å². The summed E-state index contributed by atoms with van der Waals surface area (Å²) in [5.74, 6) is 0.926. The van der Waals surface area contributed by atoms with Crippen LogP contribution in [0.15, 0.2) is 23.1 Å². The maximum Gasteiger partial charge on any atom is 0.240 e. The number of carbonyl (C=O) groups excluding carboxylic acids is 1. The molecule has 0 aliphatic carbocycles. The first-order valence-electron chi connectivity index (χ1n) is 9.97. The Morgan fingerprint density at radius 3 is 2.57 bits per heavy atom. The largest absolute Gasteiger partial charge is 0.486 e. The second-order valence-electron chi connectivity index (χ2n) is 7.23. The zero-order chi connectivity index (χ0) is 21.7. The van der Waals surface area contributed by atoms with Gasteiger partial charge in [0.05, 0.1) is 22.0 Å². The molecule has 9 nitrogen and oxygen atoms in total. The van der Waals surface area contributed by atoms with E-state index in [0.29, 0.717) is 50.5 Å². The van der Waals surface area contributed by atoms with Crippen molar-refractivity contribution in [3.05, 3.63) is 29.6 Å². The Bertz CT molecular complexity index is 1020. The average Bonchev–Trinajstić information content (AvgIpc) is 2.96. The van der Waals surface area contributed by atoms with Crippen LogP contribution >= 0.6 is 0 Å². The van der Waals surface area contributed by atoms with E-state index in [2.05, 4.69) is 15.1 Å². The quantitative estimate of drug-likeness (QED) is 0.584. The Morgan fingerprint density at radius 2 is 1.87 bits per heavy atom. The van der Waals surface area contributed by atoms with Gasteiger partial charge in [0, 0.05) is 26.1 Å². The number of amides is 1. The molecular formula is C20H28N4O5S. The number of hydrogen-bond acceptors (Lipinski definition) is 6. The molecule has 2 heterocycles. The Morgan fingerprint density at radius 1 is 1.13 bits per heavy atom. The second-order valence-corrected chi connectivity index (χ2v) is 9.00. The minimum atomic E-state index is -3.62. The number of anilines is 1. The first-order chi connectivity index (χ1) is 14.3. The molecule has 0 radical (unpaired) electrons.